The lowest BCUT2D eigenvalue weighted by molar-refractivity contribution is 0.319. The summed E-state index contributed by atoms with van der Waals surface area (Å²) >= 11 is 3.30. The fourth-order valence-electron chi connectivity index (χ4n) is 1.08. The largest absolute Gasteiger partial charge is 0.494 e. The topological polar surface area (TPSA) is 55.4 Å². The maximum atomic E-state index is 11.4. The molecule has 0 aromatic heterocycles. The van der Waals surface area contributed by atoms with E-state index in [1.807, 2.05) is 0 Å². The molecule has 0 unspecified atom stereocenters. The molecule has 0 bridgehead atoms. The lowest BCUT2D eigenvalue weighted by Gasteiger charge is -2.06. The van der Waals surface area contributed by atoms with Crippen LogP contribution in [0.25, 0.3) is 0 Å². The fraction of sp³-hybridized carbons (Fsp3) is 0.400. The van der Waals surface area contributed by atoms with Crippen LogP contribution in [0.4, 0.5) is 0 Å². The molecule has 0 aliphatic carbocycles. The van der Waals surface area contributed by atoms with E-state index in [1.54, 1.807) is 12.1 Å². The summed E-state index contributed by atoms with van der Waals surface area (Å²) in [6.45, 7) is 0.614. The van der Waals surface area contributed by atoms with Gasteiger partial charge in [0.2, 0.25) is 10.0 Å². The molecule has 0 spiro atoms. The van der Waals surface area contributed by atoms with E-state index in [-0.39, 0.29) is 4.90 Å². The Hall–Kier alpha value is -0.590. The van der Waals surface area contributed by atoms with Crippen LogP contribution in [0.1, 0.15) is 6.42 Å². The lowest BCUT2D eigenvalue weighted by atomic mass is 10.3. The molecule has 4 nitrogen and oxygen atoms in total. The van der Waals surface area contributed by atoms with Gasteiger partial charge in [0.1, 0.15) is 5.75 Å². The van der Waals surface area contributed by atoms with Gasteiger partial charge in [0.05, 0.1) is 11.5 Å². The van der Waals surface area contributed by atoms with Gasteiger partial charge in [-0.1, -0.05) is 15.9 Å². The van der Waals surface area contributed by atoms with Crippen molar-refractivity contribution in [1.82, 2.24) is 4.72 Å². The summed E-state index contributed by atoms with van der Waals surface area (Å²) in [6.07, 6.45) is 0.913. The van der Waals surface area contributed by atoms with E-state index in [1.165, 1.54) is 19.2 Å². The number of ether oxygens (including phenoxy) is 1. The van der Waals surface area contributed by atoms with Crippen molar-refractivity contribution in [3.05, 3.63) is 24.3 Å². The molecular formula is C10H14BrNO3S. The maximum Gasteiger partial charge on any atom is 0.240 e. The van der Waals surface area contributed by atoms with Crippen LogP contribution in [0, 0.1) is 0 Å². The molecule has 1 rings (SSSR count). The van der Waals surface area contributed by atoms with Crippen LogP contribution in [0.2, 0.25) is 0 Å². The van der Waals surface area contributed by atoms with Gasteiger partial charge in [-0.25, -0.2) is 13.1 Å². The SMILES string of the molecule is CNS(=O)(=O)c1ccc(OCCCBr)cc1. The van der Waals surface area contributed by atoms with E-state index in [2.05, 4.69) is 20.7 Å². The van der Waals surface area contributed by atoms with Crippen molar-refractivity contribution in [1.29, 1.82) is 0 Å². The molecule has 0 fully saturated rings. The molecule has 6 heteroatoms. The molecule has 1 N–H and O–H groups in total. The molecule has 0 atom stereocenters. The summed E-state index contributed by atoms with van der Waals surface area (Å²) in [5.41, 5.74) is 0. The van der Waals surface area contributed by atoms with Crippen molar-refractivity contribution in [3.63, 3.8) is 0 Å². The van der Waals surface area contributed by atoms with Gasteiger partial charge in [0.15, 0.2) is 0 Å². The molecular weight excluding hydrogens is 294 g/mol. The monoisotopic (exact) mass is 307 g/mol. The number of benzene rings is 1. The first-order valence-corrected chi connectivity index (χ1v) is 7.43. The van der Waals surface area contributed by atoms with Crippen molar-refractivity contribution in [2.24, 2.45) is 0 Å². The number of hydrogen-bond acceptors (Lipinski definition) is 3. The Balaban J connectivity index is 2.68. The van der Waals surface area contributed by atoms with E-state index in [0.29, 0.717) is 12.4 Å². The van der Waals surface area contributed by atoms with Crippen LogP contribution in [-0.4, -0.2) is 27.4 Å². The van der Waals surface area contributed by atoms with Crippen LogP contribution < -0.4 is 9.46 Å². The standard InChI is InChI=1S/C10H14BrNO3S/c1-12-16(13,14)10-5-3-9(4-6-10)15-8-2-7-11/h3-6,12H,2,7-8H2,1H3. The quantitative estimate of drug-likeness (QED) is 0.643. The van der Waals surface area contributed by atoms with Gasteiger partial charge in [0, 0.05) is 5.33 Å². The number of halogens is 1. The molecule has 90 valence electrons. The predicted octanol–water partition coefficient (Wildman–Crippen LogP) is 1.76. The fourth-order valence-corrected chi connectivity index (χ4v) is 2.04. The Morgan fingerprint density at radius 3 is 2.44 bits per heavy atom. The molecule has 0 saturated carbocycles. The summed E-state index contributed by atoms with van der Waals surface area (Å²) < 4.78 is 30.5. The highest BCUT2D eigenvalue weighted by molar-refractivity contribution is 9.09. The molecule has 1 aromatic carbocycles. The van der Waals surface area contributed by atoms with Gasteiger partial charge < -0.3 is 4.74 Å². The number of alkyl halides is 1. The average Bonchev–Trinajstić information content (AvgIpc) is 2.30. The van der Waals surface area contributed by atoms with Gasteiger partial charge in [-0.3, -0.25) is 0 Å². The second kappa shape index (κ2) is 6.22. The van der Waals surface area contributed by atoms with E-state index in [9.17, 15) is 8.42 Å². The number of rotatable bonds is 6. The second-order valence-corrected chi connectivity index (χ2v) is 5.75. The first-order valence-electron chi connectivity index (χ1n) is 4.82. The highest BCUT2D eigenvalue weighted by Gasteiger charge is 2.10. The molecule has 16 heavy (non-hydrogen) atoms. The first-order chi connectivity index (χ1) is 7.60. The lowest BCUT2D eigenvalue weighted by Crippen LogP contribution is -2.18. The van der Waals surface area contributed by atoms with Crippen molar-refractivity contribution >= 4 is 26.0 Å². The zero-order chi connectivity index (χ0) is 12.0. The molecule has 0 radical (unpaired) electrons. The van der Waals surface area contributed by atoms with Crippen LogP contribution in [0.3, 0.4) is 0 Å². The van der Waals surface area contributed by atoms with Crippen molar-refractivity contribution in [3.8, 4) is 5.75 Å². The van der Waals surface area contributed by atoms with Gasteiger partial charge in [-0.05, 0) is 37.7 Å². The Kier molecular flexibility index (Phi) is 5.24. The van der Waals surface area contributed by atoms with Crippen LogP contribution in [-0.2, 0) is 10.0 Å². The smallest absolute Gasteiger partial charge is 0.240 e. The third-order valence-electron chi connectivity index (χ3n) is 1.95. The van der Waals surface area contributed by atoms with Gasteiger partial charge >= 0.3 is 0 Å². The minimum atomic E-state index is -3.35. The van der Waals surface area contributed by atoms with Gasteiger partial charge in [-0.2, -0.15) is 0 Å². The highest BCUT2D eigenvalue weighted by atomic mass is 79.9. The molecule has 1 aromatic rings. The third-order valence-corrected chi connectivity index (χ3v) is 3.94. The van der Waals surface area contributed by atoms with E-state index in [4.69, 9.17) is 4.74 Å². The molecule has 0 aliphatic rings. The van der Waals surface area contributed by atoms with Gasteiger partial charge in [-0.15, -0.1) is 0 Å². The Bertz CT molecular complexity index is 416. The van der Waals surface area contributed by atoms with Crippen LogP contribution >= 0.6 is 15.9 Å². The Labute approximate surface area is 104 Å². The minimum absolute atomic E-state index is 0.239. The first kappa shape index (κ1) is 13.5. The number of nitrogens with one attached hydrogen (secondary N) is 1. The van der Waals surface area contributed by atoms with Crippen molar-refractivity contribution in [2.45, 2.75) is 11.3 Å². The molecule has 0 amide bonds. The molecule has 0 saturated heterocycles. The normalized spacial score (nSPS) is 11.4. The van der Waals surface area contributed by atoms with E-state index < -0.39 is 10.0 Å². The van der Waals surface area contributed by atoms with Crippen molar-refractivity contribution in [2.75, 3.05) is 19.0 Å². The summed E-state index contributed by atoms with van der Waals surface area (Å²) in [7, 11) is -1.97. The number of hydrogen-bond donors (Lipinski definition) is 1. The van der Waals surface area contributed by atoms with Crippen molar-refractivity contribution < 1.29 is 13.2 Å². The third kappa shape index (κ3) is 3.77. The number of sulfonamides is 1. The van der Waals surface area contributed by atoms with Crippen LogP contribution in [0.5, 0.6) is 5.75 Å². The maximum absolute atomic E-state index is 11.4. The Morgan fingerprint density at radius 1 is 1.31 bits per heavy atom. The predicted molar refractivity (Wildman–Crippen MR) is 66.6 cm³/mol. The zero-order valence-electron chi connectivity index (χ0n) is 8.94. The van der Waals surface area contributed by atoms with E-state index >= 15 is 0 Å². The summed E-state index contributed by atoms with van der Waals surface area (Å²) in [6, 6.07) is 6.35. The summed E-state index contributed by atoms with van der Waals surface area (Å²) in [5.74, 6) is 0.677. The highest BCUT2D eigenvalue weighted by Crippen LogP contribution is 2.15. The average molecular weight is 308 g/mol. The molecule has 0 heterocycles. The Morgan fingerprint density at radius 2 is 1.94 bits per heavy atom. The van der Waals surface area contributed by atoms with E-state index in [0.717, 1.165) is 11.8 Å². The zero-order valence-corrected chi connectivity index (χ0v) is 11.3. The van der Waals surface area contributed by atoms with Gasteiger partial charge in [0.25, 0.3) is 0 Å². The summed E-state index contributed by atoms with van der Waals surface area (Å²) in [5, 5.41) is 0.888. The van der Waals surface area contributed by atoms with Crippen LogP contribution in [0.15, 0.2) is 29.2 Å². The minimum Gasteiger partial charge on any atom is -0.494 e. The summed E-state index contributed by atoms with van der Waals surface area (Å²) in [4.78, 5) is 0.239. The molecule has 0 aliphatic heterocycles. The second-order valence-electron chi connectivity index (χ2n) is 3.07.